The summed E-state index contributed by atoms with van der Waals surface area (Å²) >= 11 is 6.06. The minimum absolute atomic E-state index is 0.169. The van der Waals surface area contributed by atoms with Crippen LogP contribution in [0.4, 0.5) is 11.4 Å². The number of anilines is 2. The molecule has 0 spiro atoms. The van der Waals surface area contributed by atoms with Gasteiger partial charge < -0.3 is 11.1 Å². The Kier molecular flexibility index (Phi) is 6.28. The monoisotopic (exact) mass is 395 g/mol. The first-order chi connectivity index (χ1) is 12.2. The van der Waals surface area contributed by atoms with Crippen LogP contribution in [0.5, 0.6) is 0 Å². The van der Waals surface area contributed by atoms with Crippen LogP contribution >= 0.6 is 11.6 Å². The van der Waals surface area contributed by atoms with Crippen molar-refractivity contribution in [3.05, 3.63) is 52.5 Å². The lowest BCUT2D eigenvalue weighted by molar-refractivity contribution is 0.102. The molecule has 140 valence electrons. The third-order valence-electron chi connectivity index (χ3n) is 4.01. The van der Waals surface area contributed by atoms with Gasteiger partial charge in [-0.3, -0.25) is 4.79 Å². The number of carbonyl (C=O) groups is 1. The van der Waals surface area contributed by atoms with Crippen LogP contribution < -0.4 is 11.1 Å². The van der Waals surface area contributed by atoms with Crippen molar-refractivity contribution in [2.24, 2.45) is 0 Å². The van der Waals surface area contributed by atoms with Gasteiger partial charge in [0.15, 0.2) is 0 Å². The van der Waals surface area contributed by atoms with Gasteiger partial charge >= 0.3 is 0 Å². The Bertz CT molecular complexity index is 925. The number of nitrogens with one attached hydrogen (secondary N) is 1. The number of benzene rings is 2. The normalized spacial score (nSPS) is 11.6. The summed E-state index contributed by atoms with van der Waals surface area (Å²) < 4.78 is 27.0. The lowest BCUT2D eigenvalue weighted by Crippen LogP contribution is -2.31. The molecule has 2 rings (SSSR count). The zero-order chi connectivity index (χ0) is 19.5. The van der Waals surface area contributed by atoms with Crippen molar-refractivity contribution in [2.75, 3.05) is 24.1 Å². The molecule has 3 N–H and O–H groups in total. The summed E-state index contributed by atoms with van der Waals surface area (Å²) in [5.41, 5.74) is 7.33. The number of carbonyl (C=O) groups excluding carboxylic acids is 1. The number of nitrogens with two attached hydrogens (primary N) is 1. The molecule has 0 radical (unpaired) electrons. The van der Waals surface area contributed by atoms with Crippen LogP contribution in [0.1, 0.15) is 29.8 Å². The van der Waals surface area contributed by atoms with E-state index < -0.39 is 15.9 Å². The molecule has 2 aromatic rings. The van der Waals surface area contributed by atoms with E-state index in [-0.39, 0.29) is 15.5 Å². The molecule has 0 saturated carbocycles. The van der Waals surface area contributed by atoms with Crippen LogP contribution in [0.15, 0.2) is 41.3 Å². The Morgan fingerprint density at radius 1 is 1.15 bits per heavy atom. The second kappa shape index (κ2) is 8.07. The number of aryl methyl sites for hydroxylation is 1. The molecule has 0 aliphatic heterocycles. The highest BCUT2D eigenvalue weighted by molar-refractivity contribution is 7.89. The average Bonchev–Trinajstić information content (AvgIpc) is 2.57. The lowest BCUT2D eigenvalue weighted by Gasteiger charge is -2.20. The number of hydrogen-bond donors (Lipinski definition) is 2. The highest BCUT2D eigenvalue weighted by atomic mass is 35.5. The Morgan fingerprint density at radius 2 is 1.81 bits per heavy atom. The van der Waals surface area contributed by atoms with Crippen LogP contribution in [0.2, 0.25) is 5.02 Å². The van der Waals surface area contributed by atoms with Crippen molar-refractivity contribution in [1.29, 1.82) is 0 Å². The Balaban J connectivity index is 2.36. The molecule has 6 nitrogen and oxygen atoms in total. The molecule has 0 bridgehead atoms. The van der Waals surface area contributed by atoms with Crippen LogP contribution in [0, 0.1) is 6.92 Å². The summed E-state index contributed by atoms with van der Waals surface area (Å²) in [6.07, 6.45) is 0. The number of halogens is 1. The van der Waals surface area contributed by atoms with E-state index in [0.717, 1.165) is 0 Å². The number of sulfonamides is 1. The number of nitrogen functional groups attached to an aromatic ring is 1. The number of hydrogen-bond acceptors (Lipinski definition) is 4. The van der Waals surface area contributed by atoms with Crippen LogP contribution in [0.25, 0.3) is 0 Å². The van der Waals surface area contributed by atoms with Gasteiger partial charge in [-0.2, -0.15) is 4.31 Å². The van der Waals surface area contributed by atoms with Crippen molar-refractivity contribution >= 4 is 38.9 Å². The average molecular weight is 396 g/mol. The summed E-state index contributed by atoms with van der Waals surface area (Å²) in [7, 11) is -3.63. The predicted molar refractivity (Wildman–Crippen MR) is 105 cm³/mol. The quantitative estimate of drug-likeness (QED) is 0.732. The van der Waals surface area contributed by atoms with E-state index in [9.17, 15) is 13.2 Å². The van der Waals surface area contributed by atoms with Gasteiger partial charge in [0.25, 0.3) is 5.91 Å². The molecule has 26 heavy (non-hydrogen) atoms. The van der Waals surface area contributed by atoms with Gasteiger partial charge in [-0.1, -0.05) is 31.5 Å². The van der Waals surface area contributed by atoms with Gasteiger partial charge in [0.1, 0.15) is 0 Å². The highest BCUT2D eigenvalue weighted by Gasteiger charge is 2.24. The molecule has 0 heterocycles. The Hall–Kier alpha value is -2.09. The molecule has 2 aromatic carbocycles. The molecule has 0 atom stereocenters. The van der Waals surface area contributed by atoms with Crippen LogP contribution in [-0.2, 0) is 10.0 Å². The standard InChI is InChI=1S/C18H22ClN3O3S/c1-4-22(5-2)26(24,25)17-11-14(8-6-12(17)3)21-18(23)15-9-7-13(20)10-16(15)19/h6-11H,4-5,20H2,1-3H3,(H,21,23). The number of amides is 1. The van der Waals surface area contributed by atoms with Crippen molar-refractivity contribution in [3.8, 4) is 0 Å². The minimum atomic E-state index is -3.63. The van der Waals surface area contributed by atoms with Crippen LogP contribution in [0.3, 0.4) is 0 Å². The molecule has 0 saturated heterocycles. The second-order valence-electron chi connectivity index (χ2n) is 5.76. The summed E-state index contributed by atoms with van der Waals surface area (Å²) in [6.45, 7) is 6.03. The van der Waals surface area contributed by atoms with E-state index in [1.165, 1.54) is 22.5 Å². The van der Waals surface area contributed by atoms with Crippen molar-refractivity contribution in [2.45, 2.75) is 25.7 Å². The first-order valence-electron chi connectivity index (χ1n) is 8.17. The fourth-order valence-corrected chi connectivity index (χ4v) is 4.56. The fraction of sp³-hybridized carbons (Fsp3) is 0.278. The Morgan fingerprint density at radius 3 is 2.38 bits per heavy atom. The third-order valence-corrected chi connectivity index (χ3v) is 6.51. The van der Waals surface area contributed by atoms with E-state index >= 15 is 0 Å². The van der Waals surface area contributed by atoms with E-state index in [1.807, 2.05) is 0 Å². The van der Waals surface area contributed by atoms with E-state index in [1.54, 1.807) is 39.0 Å². The minimum Gasteiger partial charge on any atom is -0.399 e. The smallest absolute Gasteiger partial charge is 0.257 e. The van der Waals surface area contributed by atoms with Gasteiger partial charge in [0, 0.05) is 24.5 Å². The molecule has 0 fully saturated rings. The molecular formula is C18H22ClN3O3S. The van der Waals surface area contributed by atoms with Gasteiger partial charge in [-0.25, -0.2) is 8.42 Å². The maximum atomic E-state index is 12.8. The van der Waals surface area contributed by atoms with Crippen LogP contribution in [-0.4, -0.2) is 31.7 Å². The zero-order valence-electron chi connectivity index (χ0n) is 14.9. The van der Waals surface area contributed by atoms with Crippen molar-refractivity contribution < 1.29 is 13.2 Å². The van der Waals surface area contributed by atoms with Gasteiger partial charge in [0.05, 0.1) is 15.5 Å². The third kappa shape index (κ3) is 4.17. The SMILES string of the molecule is CCN(CC)S(=O)(=O)c1cc(NC(=O)c2ccc(N)cc2Cl)ccc1C. The molecule has 0 aromatic heterocycles. The first-order valence-corrected chi connectivity index (χ1v) is 9.99. The van der Waals surface area contributed by atoms with Gasteiger partial charge in [0.2, 0.25) is 10.0 Å². The largest absolute Gasteiger partial charge is 0.399 e. The maximum Gasteiger partial charge on any atom is 0.257 e. The molecular weight excluding hydrogens is 374 g/mol. The summed E-state index contributed by atoms with van der Waals surface area (Å²) in [5, 5.41) is 2.91. The van der Waals surface area contributed by atoms with E-state index in [2.05, 4.69) is 5.32 Å². The zero-order valence-corrected chi connectivity index (χ0v) is 16.5. The summed E-state index contributed by atoms with van der Waals surface area (Å²) in [5.74, 6) is -0.440. The predicted octanol–water partition coefficient (Wildman–Crippen LogP) is 3.51. The Labute approximate surface area is 159 Å². The summed E-state index contributed by atoms with van der Waals surface area (Å²) in [6, 6.07) is 9.37. The number of rotatable bonds is 6. The van der Waals surface area contributed by atoms with Gasteiger partial charge in [-0.15, -0.1) is 0 Å². The molecule has 0 unspecified atom stereocenters. The van der Waals surface area contributed by atoms with Crippen molar-refractivity contribution in [1.82, 2.24) is 4.31 Å². The highest BCUT2D eigenvalue weighted by Crippen LogP contribution is 2.25. The van der Waals surface area contributed by atoms with E-state index in [4.69, 9.17) is 17.3 Å². The molecule has 8 heteroatoms. The lowest BCUT2D eigenvalue weighted by atomic mass is 10.1. The topological polar surface area (TPSA) is 92.5 Å². The molecule has 0 aliphatic carbocycles. The van der Waals surface area contributed by atoms with E-state index in [0.29, 0.717) is 30.0 Å². The second-order valence-corrected chi connectivity index (χ2v) is 8.08. The molecule has 1 amide bonds. The summed E-state index contributed by atoms with van der Waals surface area (Å²) in [4.78, 5) is 12.6. The van der Waals surface area contributed by atoms with Gasteiger partial charge in [-0.05, 0) is 42.8 Å². The molecule has 0 aliphatic rings. The fourth-order valence-electron chi connectivity index (χ4n) is 2.57. The maximum absolute atomic E-state index is 12.8. The van der Waals surface area contributed by atoms with Crippen molar-refractivity contribution in [3.63, 3.8) is 0 Å². The first kappa shape index (κ1) is 20.2. The number of nitrogens with zero attached hydrogens (tertiary/aromatic N) is 1.